The maximum atomic E-state index is 5.55. The number of hydrogen-bond acceptors (Lipinski definition) is 2. The maximum Gasteiger partial charge on any atom is 0.138 e. The van der Waals surface area contributed by atoms with Gasteiger partial charge < -0.3 is 9.73 Å². The Bertz CT molecular complexity index is 470. The van der Waals surface area contributed by atoms with E-state index in [0.29, 0.717) is 0 Å². The minimum atomic E-state index is 0.944. The molecule has 2 heteroatoms. The van der Waals surface area contributed by atoms with Crippen molar-refractivity contribution in [3.8, 4) is 0 Å². The summed E-state index contributed by atoms with van der Waals surface area (Å²) in [5, 5.41) is 4.58. The number of fused-ring (bicyclic) bond motifs is 3. The van der Waals surface area contributed by atoms with Crippen LogP contribution in [0.25, 0.3) is 11.0 Å². The molecular formula is C11H11NO. The number of rotatable bonds is 0. The molecule has 66 valence electrons. The quantitative estimate of drug-likeness (QED) is 0.661. The lowest BCUT2D eigenvalue weighted by Crippen LogP contribution is -1.99. The van der Waals surface area contributed by atoms with Gasteiger partial charge in [0.25, 0.3) is 0 Å². The van der Waals surface area contributed by atoms with Crippen LogP contribution < -0.4 is 5.32 Å². The lowest BCUT2D eigenvalue weighted by Gasteiger charge is -1.97. The fourth-order valence-corrected chi connectivity index (χ4v) is 2.01. The molecule has 3 rings (SSSR count). The molecule has 0 spiro atoms. The molecule has 1 aromatic carbocycles. The second-order valence-corrected chi connectivity index (χ2v) is 3.60. The largest absolute Gasteiger partial charge is 0.464 e. The van der Waals surface area contributed by atoms with Crippen molar-refractivity contribution in [2.75, 3.05) is 0 Å². The Kier molecular flexibility index (Phi) is 1.30. The van der Waals surface area contributed by atoms with Crippen LogP contribution in [0.4, 0.5) is 0 Å². The van der Waals surface area contributed by atoms with E-state index in [2.05, 4.69) is 24.4 Å². The van der Waals surface area contributed by atoms with Gasteiger partial charge in [0.05, 0.1) is 6.26 Å². The van der Waals surface area contributed by atoms with E-state index in [1.165, 1.54) is 22.1 Å². The second-order valence-electron chi connectivity index (χ2n) is 3.60. The Hall–Kier alpha value is -1.28. The monoisotopic (exact) mass is 173 g/mol. The third-order valence-electron chi connectivity index (χ3n) is 2.75. The summed E-state index contributed by atoms with van der Waals surface area (Å²) in [5.41, 5.74) is 5.01. The highest BCUT2D eigenvalue weighted by Crippen LogP contribution is 2.28. The molecule has 0 radical (unpaired) electrons. The number of nitrogens with one attached hydrogen (secondary N) is 1. The van der Waals surface area contributed by atoms with Crippen molar-refractivity contribution in [3.63, 3.8) is 0 Å². The van der Waals surface area contributed by atoms with E-state index in [9.17, 15) is 0 Å². The summed E-state index contributed by atoms with van der Waals surface area (Å²) < 4.78 is 5.55. The van der Waals surface area contributed by atoms with Crippen molar-refractivity contribution in [1.82, 2.24) is 5.32 Å². The average molecular weight is 173 g/mol. The first-order chi connectivity index (χ1) is 6.36. The highest BCUT2D eigenvalue weighted by Gasteiger charge is 2.15. The molecule has 1 aliphatic rings. The Labute approximate surface area is 76.5 Å². The summed E-state index contributed by atoms with van der Waals surface area (Å²) in [5.74, 6) is 0. The topological polar surface area (TPSA) is 25.2 Å². The van der Waals surface area contributed by atoms with Crippen molar-refractivity contribution < 1.29 is 4.42 Å². The summed E-state index contributed by atoms with van der Waals surface area (Å²) in [4.78, 5) is 0. The molecule has 0 atom stereocenters. The van der Waals surface area contributed by atoms with Crippen LogP contribution in [-0.2, 0) is 13.1 Å². The Morgan fingerprint density at radius 1 is 1.31 bits per heavy atom. The van der Waals surface area contributed by atoms with Gasteiger partial charge in [-0.3, -0.25) is 0 Å². The van der Waals surface area contributed by atoms with E-state index in [4.69, 9.17) is 4.42 Å². The van der Waals surface area contributed by atoms with E-state index in [-0.39, 0.29) is 0 Å². The van der Waals surface area contributed by atoms with Crippen LogP contribution in [0.5, 0.6) is 0 Å². The average Bonchev–Trinajstić information content (AvgIpc) is 2.70. The van der Waals surface area contributed by atoms with Crippen LogP contribution in [0.2, 0.25) is 0 Å². The standard InChI is InChI=1S/C11H11NO/c1-7-6-13-11-9(7)3-2-8-4-12-5-10(8)11/h2-3,6,12H,4-5H2,1H3. The smallest absolute Gasteiger partial charge is 0.138 e. The van der Waals surface area contributed by atoms with Gasteiger partial charge in [-0.1, -0.05) is 12.1 Å². The van der Waals surface area contributed by atoms with Gasteiger partial charge in [-0.2, -0.15) is 0 Å². The number of furan rings is 1. The molecule has 2 nitrogen and oxygen atoms in total. The van der Waals surface area contributed by atoms with Crippen LogP contribution in [-0.4, -0.2) is 0 Å². The molecule has 13 heavy (non-hydrogen) atoms. The molecule has 0 fully saturated rings. The predicted molar refractivity (Wildman–Crippen MR) is 51.5 cm³/mol. The van der Waals surface area contributed by atoms with Crippen LogP contribution >= 0.6 is 0 Å². The molecule has 0 saturated carbocycles. The number of hydrogen-bond donors (Lipinski definition) is 1. The van der Waals surface area contributed by atoms with E-state index in [1.807, 2.05) is 6.26 Å². The normalized spacial score (nSPS) is 15.2. The highest BCUT2D eigenvalue weighted by atomic mass is 16.3. The molecule has 2 heterocycles. The predicted octanol–water partition coefficient (Wildman–Crippen LogP) is 2.34. The first kappa shape index (κ1) is 7.15. The molecule has 1 aliphatic heterocycles. The summed E-state index contributed by atoms with van der Waals surface area (Å²) >= 11 is 0. The van der Waals surface area contributed by atoms with E-state index in [0.717, 1.165) is 18.7 Å². The van der Waals surface area contributed by atoms with Gasteiger partial charge in [0.2, 0.25) is 0 Å². The van der Waals surface area contributed by atoms with Crippen molar-refractivity contribution in [1.29, 1.82) is 0 Å². The third kappa shape index (κ3) is 0.864. The first-order valence-corrected chi connectivity index (χ1v) is 4.55. The van der Waals surface area contributed by atoms with Gasteiger partial charge in [-0.15, -0.1) is 0 Å². The van der Waals surface area contributed by atoms with Gasteiger partial charge in [0.15, 0.2) is 0 Å². The molecule has 1 aromatic heterocycles. The molecular weight excluding hydrogens is 162 g/mol. The van der Waals surface area contributed by atoms with Crippen molar-refractivity contribution >= 4 is 11.0 Å². The fraction of sp³-hybridized carbons (Fsp3) is 0.273. The van der Waals surface area contributed by atoms with Crippen LogP contribution in [0.1, 0.15) is 16.7 Å². The molecule has 0 saturated heterocycles. The SMILES string of the molecule is Cc1coc2c3c(ccc12)CNC3. The minimum absolute atomic E-state index is 0.944. The molecule has 0 amide bonds. The van der Waals surface area contributed by atoms with Gasteiger partial charge in [0, 0.05) is 24.0 Å². The van der Waals surface area contributed by atoms with Crippen LogP contribution in [0.3, 0.4) is 0 Å². The van der Waals surface area contributed by atoms with Gasteiger partial charge in [0.1, 0.15) is 5.58 Å². The molecule has 0 aliphatic carbocycles. The fourth-order valence-electron chi connectivity index (χ4n) is 2.01. The first-order valence-electron chi connectivity index (χ1n) is 4.55. The van der Waals surface area contributed by atoms with Gasteiger partial charge in [-0.25, -0.2) is 0 Å². The Morgan fingerprint density at radius 2 is 2.23 bits per heavy atom. The van der Waals surface area contributed by atoms with E-state index >= 15 is 0 Å². The Morgan fingerprint density at radius 3 is 3.15 bits per heavy atom. The summed E-state index contributed by atoms with van der Waals surface area (Å²) in [7, 11) is 0. The maximum absolute atomic E-state index is 5.55. The molecule has 0 unspecified atom stereocenters. The molecule has 2 aromatic rings. The second kappa shape index (κ2) is 2.36. The van der Waals surface area contributed by atoms with Crippen molar-refractivity contribution in [2.45, 2.75) is 20.0 Å². The van der Waals surface area contributed by atoms with Crippen LogP contribution in [0.15, 0.2) is 22.8 Å². The number of benzene rings is 1. The molecule has 0 bridgehead atoms. The highest BCUT2D eigenvalue weighted by molar-refractivity contribution is 5.85. The lowest BCUT2D eigenvalue weighted by molar-refractivity contribution is 0.607. The molecule has 1 N–H and O–H groups in total. The minimum Gasteiger partial charge on any atom is -0.464 e. The van der Waals surface area contributed by atoms with Gasteiger partial charge >= 0.3 is 0 Å². The van der Waals surface area contributed by atoms with Crippen LogP contribution in [0, 0.1) is 6.92 Å². The van der Waals surface area contributed by atoms with E-state index in [1.54, 1.807) is 0 Å². The van der Waals surface area contributed by atoms with E-state index < -0.39 is 0 Å². The van der Waals surface area contributed by atoms with Gasteiger partial charge in [-0.05, 0) is 18.1 Å². The Balaban J connectivity index is 2.44. The summed E-state index contributed by atoms with van der Waals surface area (Å²) in [6, 6.07) is 4.35. The zero-order valence-corrected chi connectivity index (χ0v) is 7.55. The van der Waals surface area contributed by atoms with Crippen molar-refractivity contribution in [2.24, 2.45) is 0 Å². The van der Waals surface area contributed by atoms with Crippen molar-refractivity contribution in [3.05, 3.63) is 35.1 Å². The third-order valence-corrected chi connectivity index (χ3v) is 2.75. The zero-order valence-electron chi connectivity index (χ0n) is 7.55. The lowest BCUT2D eigenvalue weighted by atomic mass is 10.1. The summed E-state index contributed by atoms with van der Waals surface area (Å²) in [6.45, 7) is 4.01. The summed E-state index contributed by atoms with van der Waals surface area (Å²) in [6.07, 6.45) is 1.84. The number of aryl methyl sites for hydroxylation is 1. The zero-order chi connectivity index (χ0) is 8.84.